The fourth-order valence-electron chi connectivity index (χ4n) is 1.72. The Labute approximate surface area is 86.3 Å². The van der Waals surface area contributed by atoms with Crippen molar-refractivity contribution in [2.24, 2.45) is 0 Å². The van der Waals surface area contributed by atoms with Gasteiger partial charge in [0.2, 0.25) is 0 Å². The zero-order chi connectivity index (χ0) is 9.47. The van der Waals surface area contributed by atoms with E-state index in [0.717, 1.165) is 23.6 Å². The minimum Gasteiger partial charge on any atom is -0.302 e. The highest BCUT2D eigenvalue weighted by atomic mass is 79.9. The summed E-state index contributed by atoms with van der Waals surface area (Å²) in [4.78, 5) is 10.9. The highest BCUT2D eigenvalue weighted by molar-refractivity contribution is 9.10. The first-order valence-corrected chi connectivity index (χ1v) is 5.20. The van der Waals surface area contributed by atoms with E-state index in [9.17, 15) is 4.79 Å². The molecule has 13 heavy (non-hydrogen) atoms. The van der Waals surface area contributed by atoms with Crippen molar-refractivity contribution in [2.75, 3.05) is 0 Å². The summed E-state index contributed by atoms with van der Waals surface area (Å²) in [5.41, 5.74) is 2.26. The average Bonchev–Trinajstić information content (AvgIpc) is 2.90. The molecule has 1 saturated carbocycles. The summed E-state index contributed by atoms with van der Waals surface area (Å²) in [7, 11) is 0. The number of benzene rings is 1. The van der Waals surface area contributed by atoms with Crippen LogP contribution in [0.1, 0.15) is 24.0 Å². The maximum absolute atomic E-state index is 10.9. The van der Waals surface area contributed by atoms with Gasteiger partial charge in [0.15, 0.2) is 0 Å². The second-order valence-corrected chi connectivity index (χ2v) is 4.65. The van der Waals surface area contributed by atoms with E-state index in [0.29, 0.717) is 0 Å². The number of rotatable bonds is 2. The van der Waals surface area contributed by atoms with E-state index < -0.39 is 0 Å². The van der Waals surface area contributed by atoms with Crippen molar-refractivity contribution in [2.45, 2.75) is 25.2 Å². The topological polar surface area (TPSA) is 17.1 Å². The predicted octanol–water partition coefficient (Wildman–Crippen LogP) is 2.99. The first-order valence-electron chi connectivity index (χ1n) is 4.41. The van der Waals surface area contributed by atoms with Gasteiger partial charge in [-0.3, -0.25) is 0 Å². The van der Waals surface area contributed by atoms with Gasteiger partial charge in [0, 0.05) is 4.47 Å². The van der Waals surface area contributed by atoms with Crippen LogP contribution in [0.5, 0.6) is 0 Å². The van der Waals surface area contributed by atoms with Crippen molar-refractivity contribution < 1.29 is 4.79 Å². The number of halogens is 1. The second kappa shape index (κ2) is 2.95. The Morgan fingerprint density at radius 3 is 2.69 bits per heavy atom. The van der Waals surface area contributed by atoms with Crippen molar-refractivity contribution in [3.8, 4) is 0 Å². The minimum atomic E-state index is -0.145. The standard InChI is InChI=1S/C11H11BrO/c1-8-2-3-9(12)6-10(8)11(7-13)4-5-11/h2-3,6-7H,4-5H2,1H3. The van der Waals surface area contributed by atoms with Crippen molar-refractivity contribution >= 4 is 22.2 Å². The summed E-state index contributed by atoms with van der Waals surface area (Å²) >= 11 is 3.43. The zero-order valence-corrected chi connectivity index (χ0v) is 9.10. The monoisotopic (exact) mass is 238 g/mol. The van der Waals surface area contributed by atoms with Crippen molar-refractivity contribution in [1.82, 2.24) is 0 Å². The quantitative estimate of drug-likeness (QED) is 0.725. The SMILES string of the molecule is Cc1ccc(Br)cc1C1(C=O)CC1. The molecule has 0 aliphatic heterocycles. The molecule has 0 radical (unpaired) electrons. The molecule has 0 bridgehead atoms. The molecule has 1 aromatic rings. The smallest absolute Gasteiger partial charge is 0.130 e. The predicted molar refractivity (Wildman–Crippen MR) is 55.9 cm³/mol. The summed E-state index contributed by atoms with van der Waals surface area (Å²) < 4.78 is 1.06. The van der Waals surface area contributed by atoms with Crippen molar-refractivity contribution in [3.63, 3.8) is 0 Å². The zero-order valence-electron chi connectivity index (χ0n) is 7.51. The highest BCUT2D eigenvalue weighted by Gasteiger charge is 2.45. The molecule has 2 heteroatoms. The van der Waals surface area contributed by atoms with E-state index in [2.05, 4.69) is 35.0 Å². The van der Waals surface area contributed by atoms with Crippen molar-refractivity contribution in [3.05, 3.63) is 33.8 Å². The Kier molecular flexibility index (Phi) is 2.03. The molecule has 1 aliphatic carbocycles. The summed E-state index contributed by atoms with van der Waals surface area (Å²) in [6, 6.07) is 6.14. The van der Waals surface area contributed by atoms with E-state index in [1.165, 1.54) is 11.1 Å². The van der Waals surface area contributed by atoms with Gasteiger partial charge >= 0.3 is 0 Å². The van der Waals surface area contributed by atoms with Crippen LogP contribution in [0.4, 0.5) is 0 Å². The van der Waals surface area contributed by atoms with Gasteiger partial charge in [0.1, 0.15) is 6.29 Å². The first-order chi connectivity index (χ1) is 6.18. The van der Waals surface area contributed by atoms with Crippen LogP contribution in [0.2, 0.25) is 0 Å². The van der Waals surface area contributed by atoms with Crippen LogP contribution >= 0.6 is 15.9 Å². The summed E-state index contributed by atoms with van der Waals surface area (Å²) in [5, 5.41) is 0. The first kappa shape index (κ1) is 8.95. The molecular formula is C11H11BrO. The third kappa shape index (κ3) is 1.44. The largest absolute Gasteiger partial charge is 0.302 e. The van der Waals surface area contributed by atoms with Gasteiger partial charge < -0.3 is 4.79 Å². The number of carbonyl (C=O) groups is 1. The molecule has 0 N–H and O–H groups in total. The van der Waals surface area contributed by atoms with Crippen LogP contribution < -0.4 is 0 Å². The van der Waals surface area contributed by atoms with E-state index >= 15 is 0 Å². The van der Waals surface area contributed by atoms with Crippen molar-refractivity contribution in [1.29, 1.82) is 0 Å². The Morgan fingerprint density at radius 1 is 1.46 bits per heavy atom. The van der Waals surface area contributed by atoms with Gasteiger partial charge in [0.25, 0.3) is 0 Å². The minimum absolute atomic E-state index is 0.145. The van der Waals surface area contributed by atoms with Crippen LogP contribution in [0, 0.1) is 6.92 Å². The maximum atomic E-state index is 10.9. The lowest BCUT2D eigenvalue weighted by molar-refractivity contribution is -0.109. The molecule has 0 heterocycles. The molecule has 1 aromatic carbocycles. The Balaban J connectivity index is 2.50. The van der Waals surface area contributed by atoms with Gasteiger partial charge in [-0.05, 0) is 43.0 Å². The normalized spacial score (nSPS) is 18.3. The van der Waals surface area contributed by atoms with E-state index in [1.54, 1.807) is 0 Å². The summed E-state index contributed by atoms with van der Waals surface area (Å²) in [6.45, 7) is 2.06. The van der Waals surface area contributed by atoms with Crippen LogP contribution in [-0.2, 0) is 10.2 Å². The Morgan fingerprint density at radius 2 is 2.15 bits per heavy atom. The third-order valence-corrected chi connectivity index (χ3v) is 3.24. The van der Waals surface area contributed by atoms with E-state index in [-0.39, 0.29) is 5.41 Å². The number of aldehydes is 1. The molecule has 0 spiro atoms. The maximum Gasteiger partial charge on any atom is 0.130 e. The molecule has 0 saturated heterocycles. The number of hydrogen-bond acceptors (Lipinski definition) is 1. The fourth-order valence-corrected chi connectivity index (χ4v) is 2.08. The molecule has 0 atom stereocenters. The fraction of sp³-hybridized carbons (Fsp3) is 0.364. The molecule has 0 aromatic heterocycles. The second-order valence-electron chi connectivity index (χ2n) is 3.73. The number of hydrogen-bond donors (Lipinski definition) is 0. The average molecular weight is 239 g/mol. The van der Waals surface area contributed by atoms with E-state index in [1.807, 2.05) is 6.07 Å². The van der Waals surface area contributed by atoms with Gasteiger partial charge in [-0.1, -0.05) is 22.0 Å². The Hall–Kier alpha value is -0.630. The lowest BCUT2D eigenvalue weighted by Crippen LogP contribution is -2.09. The molecular weight excluding hydrogens is 228 g/mol. The third-order valence-electron chi connectivity index (χ3n) is 2.75. The van der Waals surface area contributed by atoms with E-state index in [4.69, 9.17) is 0 Å². The van der Waals surface area contributed by atoms with Gasteiger partial charge in [-0.2, -0.15) is 0 Å². The lowest BCUT2D eigenvalue weighted by atomic mass is 9.93. The lowest BCUT2D eigenvalue weighted by Gasteiger charge is -2.11. The van der Waals surface area contributed by atoms with Crippen LogP contribution in [0.15, 0.2) is 22.7 Å². The summed E-state index contributed by atoms with van der Waals surface area (Å²) in [5.74, 6) is 0. The number of carbonyl (C=O) groups excluding carboxylic acids is 1. The van der Waals surface area contributed by atoms with Crippen LogP contribution in [0.25, 0.3) is 0 Å². The number of aryl methyl sites for hydroxylation is 1. The molecule has 0 unspecified atom stereocenters. The van der Waals surface area contributed by atoms with Crippen LogP contribution in [-0.4, -0.2) is 6.29 Å². The van der Waals surface area contributed by atoms with Gasteiger partial charge in [-0.25, -0.2) is 0 Å². The molecule has 68 valence electrons. The summed E-state index contributed by atoms with van der Waals surface area (Å²) in [6.07, 6.45) is 3.11. The Bertz CT molecular complexity index is 353. The van der Waals surface area contributed by atoms with Gasteiger partial charge in [-0.15, -0.1) is 0 Å². The van der Waals surface area contributed by atoms with Crippen LogP contribution in [0.3, 0.4) is 0 Å². The molecule has 0 amide bonds. The molecule has 1 fully saturated rings. The molecule has 2 rings (SSSR count). The van der Waals surface area contributed by atoms with Gasteiger partial charge in [0.05, 0.1) is 5.41 Å². The molecule has 1 nitrogen and oxygen atoms in total. The highest BCUT2D eigenvalue weighted by Crippen LogP contribution is 2.47. The molecule has 1 aliphatic rings.